The average Bonchev–Trinajstić information content (AvgIpc) is 2.83. The van der Waals surface area contributed by atoms with Gasteiger partial charge in [-0.05, 0) is 0 Å². The molecule has 1 aliphatic heterocycles. The Labute approximate surface area is 130 Å². The van der Waals surface area contributed by atoms with Crippen LogP contribution in [0.25, 0.3) is 0 Å². The zero-order valence-electron chi connectivity index (χ0n) is 10.6. The smallest absolute Gasteiger partial charge is 0.221 e. The van der Waals surface area contributed by atoms with Gasteiger partial charge in [-0.25, -0.2) is 4.98 Å². The van der Waals surface area contributed by atoms with Crippen molar-refractivity contribution in [2.45, 2.75) is 19.0 Å². The van der Waals surface area contributed by atoms with Crippen molar-refractivity contribution in [2.75, 3.05) is 24.6 Å². The molecule has 8 heteroatoms. The van der Waals surface area contributed by atoms with Crippen molar-refractivity contribution in [3.63, 3.8) is 0 Å². The van der Waals surface area contributed by atoms with E-state index in [0.29, 0.717) is 19.0 Å². The van der Waals surface area contributed by atoms with E-state index in [4.69, 9.17) is 0 Å². The molecule has 0 aromatic carbocycles. The first-order chi connectivity index (χ1) is 8.34. The minimum absolute atomic E-state index is 0. The molecule has 2 heterocycles. The second-order valence-electron chi connectivity index (χ2n) is 4.08. The van der Waals surface area contributed by atoms with Crippen LogP contribution in [-0.4, -0.2) is 46.1 Å². The van der Waals surface area contributed by atoms with Crippen LogP contribution in [0.3, 0.4) is 0 Å². The van der Waals surface area contributed by atoms with E-state index < -0.39 is 0 Å². The van der Waals surface area contributed by atoms with Crippen molar-refractivity contribution in [1.82, 2.24) is 20.2 Å². The third-order valence-electron chi connectivity index (χ3n) is 2.68. The Morgan fingerprint density at radius 2 is 2.37 bits per heavy atom. The van der Waals surface area contributed by atoms with Gasteiger partial charge in [-0.3, -0.25) is 4.79 Å². The number of nitrogens with zero attached hydrogens (tertiary/aromatic N) is 2. The quantitative estimate of drug-likeness (QED) is 0.845. The number of hydrogen-bond donors (Lipinski definition) is 2. The maximum absolute atomic E-state index is 11.7. The van der Waals surface area contributed by atoms with Crippen LogP contribution in [0.15, 0.2) is 18.7 Å². The van der Waals surface area contributed by atoms with E-state index >= 15 is 0 Å². The fourth-order valence-corrected chi connectivity index (χ4v) is 2.74. The fourth-order valence-electron chi connectivity index (χ4n) is 1.79. The van der Waals surface area contributed by atoms with Gasteiger partial charge in [-0.1, -0.05) is 0 Å². The van der Waals surface area contributed by atoms with Crippen molar-refractivity contribution >= 4 is 42.5 Å². The van der Waals surface area contributed by atoms with E-state index in [9.17, 15) is 4.79 Å². The molecule has 0 radical (unpaired) electrons. The predicted molar refractivity (Wildman–Crippen MR) is 83.5 cm³/mol. The molecule has 1 saturated heterocycles. The van der Waals surface area contributed by atoms with Crippen LogP contribution in [-0.2, 0) is 11.3 Å². The van der Waals surface area contributed by atoms with Gasteiger partial charge in [0.2, 0.25) is 5.91 Å². The summed E-state index contributed by atoms with van der Waals surface area (Å²) in [4.78, 5) is 15.6. The molecule has 1 amide bonds. The molecule has 0 spiro atoms. The summed E-state index contributed by atoms with van der Waals surface area (Å²) in [7, 11) is 0. The fraction of sp³-hybridized carbons (Fsp3) is 0.636. The Kier molecular flexibility index (Phi) is 10.1. The van der Waals surface area contributed by atoms with Crippen molar-refractivity contribution in [3.8, 4) is 0 Å². The van der Waals surface area contributed by atoms with Crippen LogP contribution in [0.5, 0.6) is 0 Å². The first-order valence-corrected chi connectivity index (χ1v) is 7.03. The van der Waals surface area contributed by atoms with Crippen LogP contribution in [0, 0.1) is 0 Å². The number of carbonyl (C=O) groups excluding carboxylic acids is 1. The van der Waals surface area contributed by atoms with Crippen molar-refractivity contribution in [2.24, 2.45) is 0 Å². The largest absolute Gasteiger partial charge is 0.354 e. The third-order valence-corrected chi connectivity index (χ3v) is 3.81. The van der Waals surface area contributed by atoms with Gasteiger partial charge in [-0.15, -0.1) is 24.8 Å². The van der Waals surface area contributed by atoms with Crippen LogP contribution in [0.4, 0.5) is 0 Å². The molecule has 19 heavy (non-hydrogen) atoms. The molecule has 1 aliphatic rings. The average molecular weight is 327 g/mol. The van der Waals surface area contributed by atoms with Crippen LogP contribution >= 0.6 is 36.6 Å². The third kappa shape index (κ3) is 7.06. The maximum Gasteiger partial charge on any atom is 0.221 e. The van der Waals surface area contributed by atoms with Crippen molar-refractivity contribution in [1.29, 1.82) is 0 Å². The highest BCUT2D eigenvalue weighted by Gasteiger charge is 2.16. The number of carbonyl (C=O) groups is 1. The van der Waals surface area contributed by atoms with Gasteiger partial charge in [-0.2, -0.15) is 11.8 Å². The molecule has 2 N–H and O–H groups in total. The lowest BCUT2D eigenvalue weighted by Crippen LogP contribution is -2.41. The Bertz CT molecular complexity index is 344. The zero-order valence-corrected chi connectivity index (χ0v) is 13.0. The summed E-state index contributed by atoms with van der Waals surface area (Å²) < 4.78 is 1.95. The van der Waals surface area contributed by atoms with E-state index in [1.54, 1.807) is 12.5 Å². The standard InChI is InChI=1S/C11H18N4OS.2ClH/c16-11(7-10-8-17-6-3-13-10)14-2-5-15-4-1-12-9-15;;/h1,4,9-10,13H,2-3,5-8H2,(H,14,16);2*1H. The first-order valence-electron chi connectivity index (χ1n) is 5.88. The maximum atomic E-state index is 11.7. The molecule has 1 aromatic heterocycles. The predicted octanol–water partition coefficient (Wildman–Crippen LogP) is 0.938. The molecule has 1 fully saturated rings. The summed E-state index contributed by atoms with van der Waals surface area (Å²) in [6.07, 6.45) is 5.97. The van der Waals surface area contributed by atoms with Gasteiger partial charge in [0.25, 0.3) is 0 Å². The Balaban J connectivity index is 0.00000162. The van der Waals surface area contributed by atoms with Gasteiger partial charge in [0.1, 0.15) is 0 Å². The van der Waals surface area contributed by atoms with E-state index in [1.807, 2.05) is 22.5 Å². The Morgan fingerprint density at radius 1 is 1.53 bits per heavy atom. The van der Waals surface area contributed by atoms with Gasteiger partial charge in [0, 0.05) is 56.0 Å². The normalized spacial score (nSPS) is 18.0. The number of amides is 1. The number of aromatic nitrogens is 2. The number of halogens is 2. The zero-order chi connectivity index (χ0) is 11.9. The molecule has 1 unspecified atom stereocenters. The SMILES string of the molecule is Cl.Cl.O=C(CC1CSCCN1)NCCn1ccnc1. The van der Waals surface area contributed by atoms with Crippen molar-refractivity contribution < 1.29 is 4.79 Å². The monoisotopic (exact) mass is 326 g/mol. The minimum Gasteiger partial charge on any atom is -0.354 e. The lowest BCUT2D eigenvalue weighted by molar-refractivity contribution is -0.121. The number of imidazole rings is 1. The lowest BCUT2D eigenvalue weighted by atomic mass is 10.2. The Hall–Kier alpha value is -0.430. The highest BCUT2D eigenvalue weighted by atomic mass is 35.5. The molecule has 0 bridgehead atoms. The first kappa shape index (κ1) is 18.6. The van der Waals surface area contributed by atoms with Gasteiger partial charge < -0.3 is 15.2 Å². The second-order valence-corrected chi connectivity index (χ2v) is 5.23. The number of thioether (sulfide) groups is 1. The van der Waals surface area contributed by atoms with Gasteiger partial charge in [0.05, 0.1) is 6.33 Å². The summed E-state index contributed by atoms with van der Waals surface area (Å²) in [5.74, 6) is 2.32. The van der Waals surface area contributed by atoms with E-state index in [0.717, 1.165) is 24.6 Å². The molecular formula is C11H20Cl2N4OS. The van der Waals surface area contributed by atoms with E-state index in [2.05, 4.69) is 15.6 Å². The number of hydrogen-bond acceptors (Lipinski definition) is 4. The van der Waals surface area contributed by atoms with Crippen molar-refractivity contribution in [3.05, 3.63) is 18.7 Å². The minimum atomic E-state index is 0. The summed E-state index contributed by atoms with van der Waals surface area (Å²) in [6.45, 7) is 2.45. The van der Waals surface area contributed by atoms with Gasteiger partial charge >= 0.3 is 0 Å². The summed E-state index contributed by atoms with van der Waals surface area (Å²) in [6, 6.07) is 0.335. The van der Waals surface area contributed by atoms with Crippen LogP contribution in [0.1, 0.15) is 6.42 Å². The number of rotatable bonds is 5. The lowest BCUT2D eigenvalue weighted by Gasteiger charge is -2.22. The van der Waals surface area contributed by atoms with Gasteiger partial charge in [0.15, 0.2) is 0 Å². The second kappa shape index (κ2) is 10.4. The summed E-state index contributed by atoms with van der Waals surface area (Å²) >= 11 is 1.91. The van der Waals surface area contributed by atoms with Crippen LogP contribution in [0.2, 0.25) is 0 Å². The molecule has 5 nitrogen and oxygen atoms in total. The summed E-state index contributed by atoms with van der Waals surface area (Å²) in [5.41, 5.74) is 0. The molecule has 0 saturated carbocycles. The molecule has 1 aromatic rings. The number of nitrogens with one attached hydrogen (secondary N) is 2. The molecular weight excluding hydrogens is 307 g/mol. The van der Waals surface area contributed by atoms with E-state index in [1.165, 1.54) is 0 Å². The highest BCUT2D eigenvalue weighted by Crippen LogP contribution is 2.09. The Morgan fingerprint density at radius 3 is 3.00 bits per heavy atom. The van der Waals surface area contributed by atoms with Crippen LogP contribution < -0.4 is 10.6 Å². The molecule has 110 valence electrons. The molecule has 2 rings (SSSR count). The van der Waals surface area contributed by atoms with E-state index in [-0.39, 0.29) is 30.7 Å². The summed E-state index contributed by atoms with van der Waals surface area (Å²) in [5, 5.41) is 6.29. The molecule has 1 atom stereocenters. The highest BCUT2D eigenvalue weighted by molar-refractivity contribution is 7.99. The topological polar surface area (TPSA) is 59.0 Å². The molecule has 0 aliphatic carbocycles.